The zero-order valence-corrected chi connectivity index (χ0v) is 22.4. The van der Waals surface area contributed by atoms with Crippen molar-refractivity contribution in [2.24, 2.45) is 0 Å². The van der Waals surface area contributed by atoms with Crippen molar-refractivity contribution in [2.75, 3.05) is 44.0 Å². The Hall–Kier alpha value is -3.01. The fraction of sp³-hybridized carbons (Fsp3) is 0.481. The van der Waals surface area contributed by atoms with E-state index in [0.717, 1.165) is 73.7 Å². The van der Waals surface area contributed by atoms with Crippen LogP contribution in [0.5, 0.6) is 0 Å². The van der Waals surface area contributed by atoms with Gasteiger partial charge in [0.1, 0.15) is 0 Å². The first-order chi connectivity index (χ1) is 17.8. The lowest BCUT2D eigenvalue weighted by atomic mass is 9.82. The molecule has 3 aromatic rings. The molecule has 37 heavy (non-hydrogen) atoms. The third-order valence-corrected chi connectivity index (χ3v) is 7.76. The first kappa shape index (κ1) is 25.6. The molecule has 0 bridgehead atoms. The van der Waals surface area contributed by atoms with Crippen molar-refractivity contribution in [3.63, 3.8) is 0 Å². The molecule has 2 N–H and O–H groups in total. The number of anilines is 3. The number of fused-ring (bicyclic) bond motifs is 1. The zero-order valence-electron chi connectivity index (χ0n) is 21.6. The number of aromatic nitrogens is 4. The van der Waals surface area contributed by atoms with Crippen LogP contribution in [0.25, 0.3) is 0 Å². The fourth-order valence-electron chi connectivity index (χ4n) is 5.29. The summed E-state index contributed by atoms with van der Waals surface area (Å²) in [4.78, 5) is 23.9. The maximum Gasteiger partial charge on any atom is 0.234 e. The molecule has 196 valence electrons. The summed E-state index contributed by atoms with van der Waals surface area (Å²) in [6.07, 6.45) is 8.95. The number of piperidine rings is 1. The predicted molar refractivity (Wildman–Crippen MR) is 145 cm³/mol. The minimum Gasteiger partial charge on any atom is -0.383 e. The molecule has 9 nitrogen and oxygen atoms in total. The van der Waals surface area contributed by atoms with Gasteiger partial charge in [-0.2, -0.15) is 5.10 Å². The second-order valence-electron chi connectivity index (χ2n) is 10.3. The number of benzene rings is 1. The Balaban J connectivity index is 1.23. The van der Waals surface area contributed by atoms with Crippen LogP contribution >= 0.6 is 11.6 Å². The molecule has 1 aromatic carbocycles. The molecule has 0 spiro atoms. The van der Waals surface area contributed by atoms with E-state index >= 15 is 0 Å². The molecule has 0 saturated carbocycles. The highest BCUT2D eigenvalue weighted by Gasteiger charge is 2.39. The van der Waals surface area contributed by atoms with Gasteiger partial charge in [-0.3, -0.25) is 9.48 Å². The molecule has 2 aliphatic heterocycles. The molecule has 5 rings (SSSR count). The van der Waals surface area contributed by atoms with Crippen molar-refractivity contribution in [1.82, 2.24) is 24.6 Å². The summed E-state index contributed by atoms with van der Waals surface area (Å²) in [5, 5.41) is 11.4. The Morgan fingerprint density at radius 3 is 2.81 bits per heavy atom. The first-order valence-corrected chi connectivity index (χ1v) is 13.2. The molecular formula is C27H34ClN7O2. The van der Waals surface area contributed by atoms with Gasteiger partial charge in [0.2, 0.25) is 11.9 Å². The van der Waals surface area contributed by atoms with Gasteiger partial charge in [0.25, 0.3) is 0 Å². The van der Waals surface area contributed by atoms with Crippen LogP contribution in [-0.4, -0.2) is 63.9 Å². The van der Waals surface area contributed by atoms with E-state index in [1.54, 1.807) is 13.3 Å². The lowest BCUT2D eigenvalue weighted by Crippen LogP contribution is -2.36. The van der Waals surface area contributed by atoms with Crippen LogP contribution in [0.2, 0.25) is 5.02 Å². The minimum absolute atomic E-state index is 0.0266. The van der Waals surface area contributed by atoms with Gasteiger partial charge < -0.3 is 20.3 Å². The van der Waals surface area contributed by atoms with Crippen molar-refractivity contribution in [3.05, 3.63) is 58.6 Å². The molecule has 1 saturated heterocycles. The number of nitrogens with one attached hydrogen (secondary N) is 2. The lowest BCUT2D eigenvalue weighted by molar-refractivity contribution is -0.119. The molecule has 0 aliphatic carbocycles. The maximum absolute atomic E-state index is 12.4. The van der Waals surface area contributed by atoms with Crippen LogP contribution in [0.15, 0.2) is 36.8 Å². The van der Waals surface area contributed by atoms with E-state index in [2.05, 4.69) is 31.7 Å². The highest BCUT2D eigenvalue weighted by molar-refractivity contribution is 6.31. The normalized spacial score (nSPS) is 17.6. The van der Waals surface area contributed by atoms with Gasteiger partial charge in [-0.05, 0) is 56.7 Å². The molecule has 1 amide bonds. The van der Waals surface area contributed by atoms with E-state index in [9.17, 15) is 4.79 Å². The number of likely N-dealkylation sites (tertiary alicyclic amines) is 1. The average molecular weight is 524 g/mol. The molecule has 2 aliphatic rings. The number of carbonyl (C=O) groups is 1. The smallest absolute Gasteiger partial charge is 0.234 e. The summed E-state index contributed by atoms with van der Waals surface area (Å²) in [5.74, 6) is 0.516. The Morgan fingerprint density at radius 2 is 2.03 bits per heavy atom. The van der Waals surface area contributed by atoms with Crippen LogP contribution in [-0.2, 0) is 27.8 Å². The lowest BCUT2D eigenvalue weighted by Gasteiger charge is -2.31. The Morgan fingerprint density at radius 1 is 1.22 bits per heavy atom. The number of amides is 1. The molecule has 10 heteroatoms. The molecule has 2 aromatic heterocycles. The highest BCUT2D eigenvalue weighted by Crippen LogP contribution is 2.40. The summed E-state index contributed by atoms with van der Waals surface area (Å²) >= 11 is 6.46. The summed E-state index contributed by atoms with van der Waals surface area (Å²) in [6.45, 7) is 7.76. The second-order valence-corrected chi connectivity index (χ2v) is 10.7. The number of methoxy groups -OCH3 is 1. The monoisotopic (exact) mass is 523 g/mol. The van der Waals surface area contributed by atoms with Gasteiger partial charge in [0, 0.05) is 38.6 Å². The molecule has 4 heterocycles. The number of nitrogens with zero attached hydrogens (tertiary/aromatic N) is 5. The van der Waals surface area contributed by atoms with Crippen LogP contribution < -0.4 is 10.6 Å². The quantitative estimate of drug-likeness (QED) is 0.430. The van der Waals surface area contributed by atoms with Crippen LogP contribution in [0, 0.1) is 0 Å². The van der Waals surface area contributed by atoms with Crippen LogP contribution in [0.1, 0.15) is 49.6 Å². The number of carbonyl (C=O) groups excluding carboxylic acids is 1. The number of halogens is 1. The zero-order chi connectivity index (χ0) is 26.0. The van der Waals surface area contributed by atoms with E-state index in [1.807, 2.05) is 43.1 Å². The van der Waals surface area contributed by atoms with E-state index in [4.69, 9.17) is 21.3 Å². The molecule has 0 unspecified atom stereocenters. The fourth-order valence-corrected chi connectivity index (χ4v) is 5.48. The Labute approximate surface area is 222 Å². The molecular weight excluding hydrogens is 490 g/mol. The Kier molecular flexibility index (Phi) is 7.46. The number of ether oxygens (including phenoxy) is 1. The summed E-state index contributed by atoms with van der Waals surface area (Å²) < 4.78 is 7.24. The molecule has 1 fully saturated rings. The van der Waals surface area contributed by atoms with Crippen molar-refractivity contribution >= 4 is 34.8 Å². The molecule has 0 radical (unpaired) electrons. The van der Waals surface area contributed by atoms with Gasteiger partial charge in [0.15, 0.2) is 0 Å². The predicted octanol–water partition coefficient (Wildman–Crippen LogP) is 4.37. The molecule has 0 atom stereocenters. The van der Waals surface area contributed by atoms with E-state index in [-0.39, 0.29) is 5.91 Å². The SMILES string of the molecule is COCCN1CCC(n2cc(Nc3ncc(Cl)c(CCc4cccc5c4C(C)(C)C(=O)N5)n3)cn2)CC1. The summed E-state index contributed by atoms with van der Waals surface area (Å²) in [5.41, 5.74) is 4.13. The topological polar surface area (TPSA) is 97.2 Å². The van der Waals surface area contributed by atoms with Crippen molar-refractivity contribution in [3.8, 4) is 0 Å². The number of aryl methyl sites for hydroxylation is 2. The average Bonchev–Trinajstić information content (AvgIpc) is 3.45. The van der Waals surface area contributed by atoms with E-state index in [0.29, 0.717) is 23.4 Å². The highest BCUT2D eigenvalue weighted by atomic mass is 35.5. The maximum atomic E-state index is 12.4. The minimum atomic E-state index is -0.561. The number of hydrogen-bond donors (Lipinski definition) is 2. The van der Waals surface area contributed by atoms with Crippen molar-refractivity contribution < 1.29 is 9.53 Å². The van der Waals surface area contributed by atoms with Crippen molar-refractivity contribution in [2.45, 2.75) is 51.0 Å². The summed E-state index contributed by atoms with van der Waals surface area (Å²) in [7, 11) is 1.74. The van der Waals surface area contributed by atoms with E-state index in [1.165, 1.54) is 0 Å². The number of hydrogen-bond acceptors (Lipinski definition) is 7. The second kappa shape index (κ2) is 10.8. The third-order valence-electron chi connectivity index (χ3n) is 7.44. The van der Waals surface area contributed by atoms with Gasteiger partial charge in [0.05, 0.1) is 46.9 Å². The summed E-state index contributed by atoms with van der Waals surface area (Å²) in [6, 6.07) is 6.39. The standard InChI is InChI=1S/C27H34ClN7O2/c1-27(2)24-18(5-4-6-23(24)32-25(27)36)7-8-22-21(28)16-29-26(33-22)31-19-15-30-35(17-19)20-9-11-34(12-10-20)13-14-37-3/h4-6,15-17,20H,7-14H2,1-3H3,(H,32,36)(H,29,31,33). The van der Waals surface area contributed by atoms with Crippen LogP contribution in [0.4, 0.5) is 17.3 Å². The van der Waals surface area contributed by atoms with Gasteiger partial charge >= 0.3 is 0 Å². The Bertz CT molecular complexity index is 1270. The third kappa shape index (κ3) is 5.49. The van der Waals surface area contributed by atoms with Gasteiger partial charge in [-0.25, -0.2) is 9.97 Å². The van der Waals surface area contributed by atoms with E-state index < -0.39 is 5.41 Å². The van der Waals surface area contributed by atoms with Crippen molar-refractivity contribution in [1.29, 1.82) is 0 Å². The largest absolute Gasteiger partial charge is 0.383 e. The first-order valence-electron chi connectivity index (χ1n) is 12.8. The number of rotatable bonds is 9. The van der Waals surface area contributed by atoms with Gasteiger partial charge in [-0.1, -0.05) is 23.7 Å². The van der Waals surface area contributed by atoms with Gasteiger partial charge in [-0.15, -0.1) is 0 Å². The van der Waals surface area contributed by atoms with Crippen LogP contribution in [0.3, 0.4) is 0 Å².